The molecule has 2 aromatic rings. The van der Waals surface area contributed by atoms with Gasteiger partial charge in [-0.05, 0) is 47.0 Å². The summed E-state index contributed by atoms with van der Waals surface area (Å²) in [4.78, 5) is 0. The quantitative estimate of drug-likeness (QED) is 0.874. The number of halogens is 1. The number of nitrogens with one attached hydrogen (secondary N) is 1. The number of hydrogen-bond donors (Lipinski definition) is 2. The van der Waals surface area contributed by atoms with Gasteiger partial charge in [-0.15, -0.1) is 0 Å². The molecule has 2 N–H and O–H groups in total. The van der Waals surface area contributed by atoms with E-state index < -0.39 is 0 Å². The zero-order valence-electron chi connectivity index (χ0n) is 10.1. The van der Waals surface area contributed by atoms with Crippen molar-refractivity contribution in [1.82, 2.24) is 5.32 Å². The number of hydrogen-bond acceptors (Lipinski definition) is 3. The van der Waals surface area contributed by atoms with Crippen molar-refractivity contribution < 1.29 is 5.11 Å². The first-order chi connectivity index (χ1) is 8.70. The molecule has 2 rings (SSSR count). The zero-order chi connectivity index (χ0) is 13.0. The Hall–Kier alpha value is -0.870. The Bertz CT molecular complexity index is 469. The SMILES string of the molecule is CC(NC(CO)c1ccc(Cl)cc1)c1ccsc1. The van der Waals surface area contributed by atoms with Gasteiger partial charge in [0.2, 0.25) is 0 Å². The summed E-state index contributed by atoms with van der Waals surface area (Å²) in [5, 5.41) is 17.8. The van der Waals surface area contributed by atoms with Crippen LogP contribution in [0.4, 0.5) is 0 Å². The number of benzene rings is 1. The second kappa shape index (κ2) is 6.34. The molecule has 0 radical (unpaired) electrons. The van der Waals surface area contributed by atoms with E-state index in [4.69, 9.17) is 11.6 Å². The van der Waals surface area contributed by atoms with Crippen LogP contribution in [-0.4, -0.2) is 11.7 Å². The predicted octanol–water partition coefficient (Wildman–Crippen LogP) is 3.79. The molecule has 0 saturated carbocycles. The normalized spacial score (nSPS) is 14.4. The van der Waals surface area contributed by atoms with E-state index in [9.17, 15) is 5.11 Å². The second-order valence-electron chi connectivity index (χ2n) is 4.23. The third-order valence-electron chi connectivity index (χ3n) is 2.95. The van der Waals surface area contributed by atoms with Crippen LogP contribution >= 0.6 is 22.9 Å². The lowest BCUT2D eigenvalue weighted by Gasteiger charge is -2.21. The highest BCUT2D eigenvalue weighted by Gasteiger charge is 2.14. The number of aliphatic hydroxyl groups excluding tert-OH is 1. The van der Waals surface area contributed by atoms with Crippen LogP contribution in [0, 0.1) is 0 Å². The molecule has 1 aromatic heterocycles. The Morgan fingerprint density at radius 2 is 1.94 bits per heavy atom. The van der Waals surface area contributed by atoms with Crippen molar-refractivity contribution >= 4 is 22.9 Å². The van der Waals surface area contributed by atoms with Gasteiger partial charge in [-0.1, -0.05) is 23.7 Å². The Morgan fingerprint density at radius 3 is 2.50 bits per heavy atom. The lowest BCUT2D eigenvalue weighted by molar-refractivity contribution is 0.235. The summed E-state index contributed by atoms with van der Waals surface area (Å²) in [5.41, 5.74) is 2.29. The summed E-state index contributed by atoms with van der Waals surface area (Å²) in [6, 6.07) is 9.81. The highest BCUT2D eigenvalue weighted by molar-refractivity contribution is 7.07. The van der Waals surface area contributed by atoms with Crippen LogP contribution in [0.15, 0.2) is 41.1 Å². The summed E-state index contributed by atoms with van der Waals surface area (Å²) < 4.78 is 0. The van der Waals surface area contributed by atoms with Crippen LogP contribution in [0.5, 0.6) is 0 Å². The minimum Gasteiger partial charge on any atom is -0.394 e. The fourth-order valence-corrected chi connectivity index (χ4v) is 2.75. The molecular weight excluding hydrogens is 266 g/mol. The summed E-state index contributed by atoms with van der Waals surface area (Å²) in [6.45, 7) is 2.16. The van der Waals surface area contributed by atoms with E-state index in [1.807, 2.05) is 24.3 Å². The lowest BCUT2D eigenvalue weighted by atomic mass is 10.1. The molecule has 0 spiro atoms. The monoisotopic (exact) mass is 281 g/mol. The Kier molecular flexibility index (Phi) is 4.78. The van der Waals surface area contributed by atoms with Crippen LogP contribution in [0.1, 0.15) is 30.1 Å². The third-order valence-corrected chi connectivity index (χ3v) is 3.90. The lowest BCUT2D eigenvalue weighted by Crippen LogP contribution is -2.27. The van der Waals surface area contributed by atoms with Crippen LogP contribution in [0.3, 0.4) is 0 Å². The topological polar surface area (TPSA) is 32.3 Å². The van der Waals surface area contributed by atoms with Crippen molar-refractivity contribution in [3.8, 4) is 0 Å². The molecule has 2 nitrogen and oxygen atoms in total. The van der Waals surface area contributed by atoms with Crippen molar-refractivity contribution in [3.05, 3.63) is 57.2 Å². The van der Waals surface area contributed by atoms with Crippen molar-refractivity contribution in [1.29, 1.82) is 0 Å². The van der Waals surface area contributed by atoms with Crippen LogP contribution < -0.4 is 5.32 Å². The third kappa shape index (κ3) is 3.33. The Labute approximate surface area is 116 Å². The summed E-state index contributed by atoms with van der Waals surface area (Å²) in [5.74, 6) is 0. The van der Waals surface area contributed by atoms with Gasteiger partial charge in [-0.2, -0.15) is 11.3 Å². The molecule has 2 atom stereocenters. The molecule has 18 heavy (non-hydrogen) atoms. The molecular formula is C14H16ClNOS. The maximum Gasteiger partial charge on any atom is 0.0626 e. The van der Waals surface area contributed by atoms with Crippen LogP contribution in [0.25, 0.3) is 0 Å². The molecule has 4 heteroatoms. The van der Waals surface area contributed by atoms with Gasteiger partial charge in [-0.25, -0.2) is 0 Å². The van der Waals surface area contributed by atoms with Gasteiger partial charge in [0.25, 0.3) is 0 Å². The first-order valence-electron chi connectivity index (χ1n) is 5.85. The summed E-state index contributed by atoms with van der Waals surface area (Å²) in [6.07, 6.45) is 0. The van der Waals surface area contributed by atoms with Crippen molar-refractivity contribution in [2.45, 2.75) is 19.0 Å². The van der Waals surface area contributed by atoms with Crippen LogP contribution in [-0.2, 0) is 0 Å². The molecule has 2 unspecified atom stereocenters. The van der Waals surface area contributed by atoms with Gasteiger partial charge in [0, 0.05) is 11.1 Å². The molecule has 0 amide bonds. The van der Waals surface area contributed by atoms with Crippen molar-refractivity contribution in [3.63, 3.8) is 0 Å². The van der Waals surface area contributed by atoms with E-state index in [-0.39, 0.29) is 18.7 Å². The zero-order valence-corrected chi connectivity index (χ0v) is 11.7. The molecule has 0 fully saturated rings. The maximum atomic E-state index is 9.50. The van der Waals surface area contributed by atoms with Gasteiger partial charge in [0.1, 0.15) is 0 Å². The molecule has 1 heterocycles. The Morgan fingerprint density at radius 1 is 1.22 bits per heavy atom. The number of aliphatic hydroxyl groups is 1. The fourth-order valence-electron chi connectivity index (χ4n) is 1.87. The first kappa shape index (κ1) is 13.6. The standard InChI is InChI=1S/C14H16ClNOS/c1-10(12-6-7-18-9-12)16-14(8-17)11-2-4-13(15)5-3-11/h2-7,9-10,14,16-17H,8H2,1H3. The van der Waals surface area contributed by atoms with E-state index in [1.165, 1.54) is 5.56 Å². The van der Waals surface area contributed by atoms with Gasteiger partial charge >= 0.3 is 0 Å². The van der Waals surface area contributed by atoms with Crippen molar-refractivity contribution in [2.24, 2.45) is 0 Å². The molecule has 0 aliphatic rings. The van der Waals surface area contributed by atoms with Gasteiger partial charge < -0.3 is 10.4 Å². The van der Waals surface area contributed by atoms with E-state index in [0.29, 0.717) is 5.02 Å². The second-order valence-corrected chi connectivity index (χ2v) is 5.45. The van der Waals surface area contributed by atoms with E-state index >= 15 is 0 Å². The molecule has 0 aliphatic heterocycles. The summed E-state index contributed by atoms with van der Waals surface area (Å²) in [7, 11) is 0. The van der Waals surface area contributed by atoms with E-state index in [1.54, 1.807) is 11.3 Å². The highest BCUT2D eigenvalue weighted by atomic mass is 35.5. The van der Waals surface area contributed by atoms with E-state index in [2.05, 4.69) is 29.1 Å². The highest BCUT2D eigenvalue weighted by Crippen LogP contribution is 2.22. The Balaban J connectivity index is 2.07. The minimum atomic E-state index is -0.0721. The van der Waals surface area contributed by atoms with Gasteiger partial charge in [0.15, 0.2) is 0 Å². The minimum absolute atomic E-state index is 0.0656. The fraction of sp³-hybridized carbons (Fsp3) is 0.286. The average Bonchev–Trinajstić information content (AvgIpc) is 2.91. The van der Waals surface area contributed by atoms with E-state index in [0.717, 1.165) is 5.56 Å². The molecule has 0 bridgehead atoms. The van der Waals surface area contributed by atoms with Crippen LogP contribution in [0.2, 0.25) is 5.02 Å². The number of rotatable bonds is 5. The number of thiophene rings is 1. The largest absolute Gasteiger partial charge is 0.394 e. The average molecular weight is 282 g/mol. The van der Waals surface area contributed by atoms with Gasteiger partial charge in [0.05, 0.1) is 12.6 Å². The molecule has 0 saturated heterocycles. The maximum absolute atomic E-state index is 9.50. The molecule has 1 aromatic carbocycles. The first-order valence-corrected chi connectivity index (χ1v) is 7.17. The van der Waals surface area contributed by atoms with Gasteiger partial charge in [-0.3, -0.25) is 0 Å². The predicted molar refractivity (Wildman–Crippen MR) is 77.1 cm³/mol. The van der Waals surface area contributed by atoms with Crippen molar-refractivity contribution in [2.75, 3.05) is 6.61 Å². The molecule has 0 aliphatic carbocycles. The molecule has 96 valence electrons. The smallest absolute Gasteiger partial charge is 0.0626 e. The summed E-state index contributed by atoms with van der Waals surface area (Å²) >= 11 is 7.55.